The van der Waals surface area contributed by atoms with Gasteiger partial charge in [-0.25, -0.2) is 0 Å². The Hall–Kier alpha value is -0.900. The Morgan fingerprint density at radius 3 is 2.53 bits per heavy atom. The predicted octanol–water partition coefficient (Wildman–Crippen LogP) is 1.81. The zero-order chi connectivity index (χ0) is 13.9. The molecule has 0 aliphatic carbocycles. The number of hydrogen-bond donors (Lipinski definition) is 2. The maximum Gasteiger partial charge on any atom is 0.0772 e. The molecule has 0 aromatic heterocycles. The van der Waals surface area contributed by atoms with Crippen LogP contribution in [-0.2, 0) is 5.54 Å². The Morgan fingerprint density at radius 2 is 1.95 bits per heavy atom. The fraction of sp³-hybridized carbons (Fsp3) is 0.625. The van der Waals surface area contributed by atoms with Crippen LogP contribution in [-0.4, -0.2) is 36.2 Å². The Balaban J connectivity index is 2.07. The van der Waals surface area contributed by atoms with Crippen molar-refractivity contribution in [3.8, 4) is 0 Å². The van der Waals surface area contributed by atoms with Gasteiger partial charge in [0.1, 0.15) is 0 Å². The third-order valence-electron chi connectivity index (χ3n) is 4.55. The molecule has 2 rings (SSSR count). The van der Waals surface area contributed by atoms with Crippen molar-refractivity contribution in [3.05, 3.63) is 35.9 Å². The third-order valence-corrected chi connectivity index (χ3v) is 4.55. The Bertz CT molecular complexity index is 395. The largest absolute Gasteiger partial charge is 0.394 e. The van der Waals surface area contributed by atoms with E-state index in [0.717, 1.165) is 31.1 Å². The molecule has 1 saturated heterocycles. The summed E-state index contributed by atoms with van der Waals surface area (Å²) in [5.74, 6) is 1.49. The lowest BCUT2D eigenvalue weighted by Crippen LogP contribution is -2.53. The molecule has 3 atom stereocenters. The van der Waals surface area contributed by atoms with E-state index in [1.54, 1.807) is 0 Å². The first-order valence-corrected chi connectivity index (χ1v) is 7.23. The number of likely N-dealkylation sites (tertiary alicyclic amines) is 1. The molecule has 1 fully saturated rings. The molecule has 0 radical (unpaired) electrons. The zero-order valence-corrected chi connectivity index (χ0v) is 12.0. The molecular formula is C16H26N2O. The topological polar surface area (TPSA) is 49.5 Å². The van der Waals surface area contributed by atoms with Crippen LogP contribution in [0.25, 0.3) is 0 Å². The Labute approximate surface area is 116 Å². The minimum atomic E-state index is -0.651. The van der Waals surface area contributed by atoms with Crippen molar-refractivity contribution in [2.45, 2.75) is 25.8 Å². The molecule has 3 unspecified atom stereocenters. The van der Waals surface area contributed by atoms with Gasteiger partial charge in [-0.05, 0) is 30.4 Å². The molecule has 0 bridgehead atoms. The monoisotopic (exact) mass is 262 g/mol. The number of rotatable bonds is 4. The van der Waals surface area contributed by atoms with Crippen molar-refractivity contribution in [2.75, 3.05) is 26.2 Å². The van der Waals surface area contributed by atoms with E-state index >= 15 is 0 Å². The SMILES string of the molecule is CC1CCN(CC(N)(CO)c2ccccc2)CC1C. The van der Waals surface area contributed by atoms with Gasteiger partial charge >= 0.3 is 0 Å². The lowest BCUT2D eigenvalue weighted by Gasteiger charge is -2.40. The van der Waals surface area contributed by atoms with Crippen molar-refractivity contribution in [3.63, 3.8) is 0 Å². The standard InChI is InChI=1S/C16H26N2O/c1-13-8-9-18(10-14(13)2)11-16(17,12-19)15-6-4-3-5-7-15/h3-7,13-14,19H,8-12,17H2,1-2H3. The second-order valence-electron chi connectivity index (χ2n) is 6.16. The number of nitrogens with two attached hydrogens (primary N) is 1. The highest BCUT2D eigenvalue weighted by Crippen LogP contribution is 2.26. The molecule has 1 aliphatic rings. The van der Waals surface area contributed by atoms with E-state index in [1.165, 1.54) is 6.42 Å². The van der Waals surface area contributed by atoms with Gasteiger partial charge in [-0.15, -0.1) is 0 Å². The fourth-order valence-corrected chi connectivity index (χ4v) is 2.89. The van der Waals surface area contributed by atoms with Crippen LogP contribution in [0.2, 0.25) is 0 Å². The van der Waals surface area contributed by atoms with Gasteiger partial charge in [0.2, 0.25) is 0 Å². The highest BCUT2D eigenvalue weighted by Gasteiger charge is 2.32. The van der Waals surface area contributed by atoms with E-state index < -0.39 is 5.54 Å². The van der Waals surface area contributed by atoms with E-state index in [1.807, 2.05) is 30.3 Å². The van der Waals surface area contributed by atoms with Gasteiger partial charge in [0.15, 0.2) is 0 Å². The highest BCUT2D eigenvalue weighted by molar-refractivity contribution is 5.24. The van der Waals surface area contributed by atoms with Crippen molar-refractivity contribution in [2.24, 2.45) is 17.6 Å². The molecule has 0 saturated carbocycles. The summed E-state index contributed by atoms with van der Waals surface area (Å²) in [4.78, 5) is 2.40. The first-order chi connectivity index (χ1) is 9.05. The highest BCUT2D eigenvalue weighted by atomic mass is 16.3. The van der Waals surface area contributed by atoms with Crippen LogP contribution >= 0.6 is 0 Å². The van der Waals surface area contributed by atoms with Gasteiger partial charge in [0, 0.05) is 13.1 Å². The lowest BCUT2D eigenvalue weighted by molar-refractivity contribution is 0.0854. The third kappa shape index (κ3) is 3.35. The van der Waals surface area contributed by atoms with Crippen LogP contribution in [0, 0.1) is 11.8 Å². The summed E-state index contributed by atoms with van der Waals surface area (Å²) in [6.45, 7) is 7.49. The number of aliphatic hydroxyl groups is 1. The molecule has 3 heteroatoms. The van der Waals surface area contributed by atoms with E-state index in [9.17, 15) is 5.11 Å². The molecule has 19 heavy (non-hydrogen) atoms. The molecular weight excluding hydrogens is 236 g/mol. The summed E-state index contributed by atoms with van der Waals surface area (Å²) < 4.78 is 0. The first-order valence-electron chi connectivity index (χ1n) is 7.23. The smallest absolute Gasteiger partial charge is 0.0772 e. The second-order valence-corrected chi connectivity index (χ2v) is 6.16. The minimum Gasteiger partial charge on any atom is -0.394 e. The summed E-state index contributed by atoms with van der Waals surface area (Å²) >= 11 is 0. The van der Waals surface area contributed by atoms with E-state index in [0.29, 0.717) is 5.92 Å². The van der Waals surface area contributed by atoms with Gasteiger partial charge in [-0.3, -0.25) is 0 Å². The molecule has 1 aromatic carbocycles. The van der Waals surface area contributed by atoms with Crippen molar-refractivity contribution in [1.29, 1.82) is 0 Å². The maximum absolute atomic E-state index is 9.74. The van der Waals surface area contributed by atoms with Gasteiger partial charge < -0.3 is 15.7 Å². The summed E-state index contributed by atoms with van der Waals surface area (Å²) in [5, 5.41) is 9.74. The van der Waals surface area contributed by atoms with Crippen LogP contribution in [0.3, 0.4) is 0 Å². The first kappa shape index (κ1) is 14.5. The normalized spacial score (nSPS) is 28.0. The zero-order valence-electron chi connectivity index (χ0n) is 12.0. The molecule has 106 valence electrons. The summed E-state index contributed by atoms with van der Waals surface area (Å²) in [6.07, 6.45) is 1.22. The molecule has 3 nitrogen and oxygen atoms in total. The number of piperidine rings is 1. The Morgan fingerprint density at radius 1 is 1.26 bits per heavy atom. The minimum absolute atomic E-state index is 0.0164. The van der Waals surface area contributed by atoms with Crippen molar-refractivity contribution < 1.29 is 5.11 Å². The number of nitrogens with zero attached hydrogens (tertiary/aromatic N) is 1. The summed E-state index contributed by atoms with van der Waals surface area (Å²) in [6, 6.07) is 9.95. The molecule has 0 amide bonds. The van der Waals surface area contributed by atoms with Crippen LogP contribution in [0.5, 0.6) is 0 Å². The second kappa shape index (κ2) is 6.04. The number of aliphatic hydroxyl groups excluding tert-OH is 1. The average molecular weight is 262 g/mol. The van der Waals surface area contributed by atoms with Gasteiger partial charge in [-0.1, -0.05) is 44.2 Å². The predicted molar refractivity (Wildman–Crippen MR) is 78.8 cm³/mol. The van der Waals surface area contributed by atoms with E-state index in [2.05, 4.69) is 18.7 Å². The van der Waals surface area contributed by atoms with Gasteiger partial charge in [0.25, 0.3) is 0 Å². The Kier molecular flexibility index (Phi) is 4.61. The van der Waals surface area contributed by atoms with Crippen LogP contribution in [0.15, 0.2) is 30.3 Å². The lowest BCUT2D eigenvalue weighted by atomic mass is 9.86. The fourth-order valence-electron chi connectivity index (χ4n) is 2.89. The van der Waals surface area contributed by atoms with Crippen LogP contribution < -0.4 is 5.73 Å². The van der Waals surface area contributed by atoms with Crippen molar-refractivity contribution in [1.82, 2.24) is 4.90 Å². The number of hydrogen-bond acceptors (Lipinski definition) is 3. The van der Waals surface area contributed by atoms with Crippen molar-refractivity contribution >= 4 is 0 Å². The van der Waals surface area contributed by atoms with Crippen LogP contribution in [0.1, 0.15) is 25.8 Å². The van der Waals surface area contributed by atoms with Gasteiger partial charge in [-0.2, -0.15) is 0 Å². The molecule has 1 aromatic rings. The quantitative estimate of drug-likeness (QED) is 0.870. The molecule has 1 heterocycles. The maximum atomic E-state index is 9.74. The van der Waals surface area contributed by atoms with E-state index in [4.69, 9.17) is 5.73 Å². The summed E-state index contributed by atoms with van der Waals surface area (Å²) in [7, 11) is 0. The van der Waals surface area contributed by atoms with Crippen LogP contribution in [0.4, 0.5) is 0 Å². The van der Waals surface area contributed by atoms with Gasteiger partial charge in [0.05, 0.1) is 12.1 Å². The molecule has 3 N–H and O–H groups in total. The van der Waals surface area contributed by atoms with E-state index in [-0.39, 0.29) is 6.61 Å². The molecule has 1 aliphatic heterocycles. The molecule has 0 spiro atoms. The summed E-state index contributed by atoms with van der Waals surface area (Å²) in [5.41, 5.74) is 6.80. The number of benzene rings is 1. The average Bonchev–Trinajstić information content (AvgIpc) is 2.44.